The van der Waals surface area contributed by atoms with Crippen LogP contribution < -0.4 is 0 Å². The van der Waals surface area contributed by atoms with Crippen LogP contribution in [0.3, 0.4) is 0 Å². The Morgan fingerprint density at radius 2 is 1.30 bits per heavy atom. The highest BCUT2D eigenvalue weighted by Gasteiger charge is 2.65. The van der Waals surface area contributed by atoms with Gasteiger partial charge in [-0.15, -0.1) is 5.10 Å². The molecular formula is C34H41N3O17. The molecule has 0 spiro atoms. The van der Waals surface area contributed by atoms with E-state index in [0.717, 1.165) is 58.7 Å². The maximum Gasteiger partial charge on any atom is 0.303 e. The first-order chi connectivity index (χ1) is 25.4. The van der Waals surface area contributed by atoms with E-state index in [2.05, 4.69) is 10.3 Å². The van der Waals surface area contributed by atoms with Gasteiger partial charge >= 0.3 is 41.8 Å². The third kappa shape index (κ3) is 10.4. The van der Waals surface area contributed by atoms with E-state index in [9.17, 15) is 33.6 Å². The van der Waals surface area contributed by atoms with Crippen LogP contribution in [0.15, 0.2) is 30.5 Å². The maximum absolute atomic E-state index is 12.7. The van der Waals surface area contributed by atoms with Gasteiger partial charge in [0.2, 0.25) is 18.2 Å². The van der Waals surface area contributed by atoms with Gasteiger partial charge in [-0.3, -0.25) is 33.6 Å². The molecule has 0 unspecified atom stereocenters. The molecule has 0 bridgehead atoms. The van der Waals surface area contributed by atoms with Crippen LogP contribution in [-0.4, -0.2) is 119 Å². The quantitative estimate of drug-likeness (QED) is 0.204. The first kappa shape index (κ1) is 41.3. The second-order valence-electron chi connectivity index (χ2n) is 12.3. The highest BCUT2D eigenvalue weighted by Crippen LogP contribution is 2.45. The lowest BCUT2D eigenvalue weighted by molar-refractivity contribution is -0.386. The van der Waals surface area contributed by atoms with Crippen LogP contribution in [0.4, 0.5) is 0 Å². The highest BCUT2D eigenvalue weighted by molar-refractivity contribution is 5.69. The van der Waals surface area contributed by atoms with Crippen molar-refractivity contribution in [3.05, 3.63) is 36.0 Å². The molecular weight excluding hydrogens is 722 g/mol. The van der Waals surface area contributed by atoms with Crippen LogP contribution in [0, 0.1) is 6.92 Å². The van der Waals surface area contributed by atoms with Crippen molar-refractivity contribution in [2.75, 3.05) is 13.2 Å². The third-order valence-electron chi connectivity index (χ3n) is 7.75. The second kappa shape index (κ2) is 17.6. The van der Waals surface area contributed by atoms with E-state index in [1.165, 1.54) is 6.20 Å². The van der Waals surface area contributed by atoms with Crippen molar-refractivity contribution in [2.24, 2.45) is 0 Å². The minimum absolute atomic E-state index is 0.367. The summed E-state index contributed by atoms with van der Waals surface area (Å²) in [5, 5.41) is 8.38. The van der Waals surface area contributed by atoms with Crippen molar-refractivity contribution in [1.29, 1.82) is 0 Å². The predicted octanol–water partition coefficient (Wildman–Crippen LogP) is 1.00. The van der Waals surface area contributed by atoms with Gasteiger partial charge in [0, 0.05) is 54.0 Å². The Labute approximate surface area is 308 Å². The zero-order chi connectivity index (χ0) is 39.9. The van der Waals surface area contributed by atoms with Crippen molar-refractivity contribution in [1.82, 2.24) is 15.0 Å². The average Bonchev–Trinajstić information content (AvgIpc) is 3.65. The molecule has 2 aromatic rings. The molecule has 1 aromatic heterocycles. The first-order valence-corrected chi connectivity index (χ1v) is 16.5. The zero-order valence-corrected chi connectivity index (χ0v) is 30.7. The van der Waals surface area contributed by atoms with E-state index < -0.39 is 110 Å². The fraction of sp³-hybridized carbons (Fsp3) is 0.559. The van der Waals surface area contributed by atoms with Gasteiger partial charge in [-0.1, -0.05) is 29.0 Å². The number of rotatable bonds is 13. The number of benzene rings is 1. The van der Waals surface area contributed by atoms with E-state index >= 15 is 0 Å². The average molecular weight is 764 g/mol. The van der Waals surface area contributed by atoms with Gasteiger partial charge in [0.15, 0.2) is 30.6 Å². The minimum Gasteiger partial charge on any atom is -0.463 e. The first-order valence-electron chi connectivity index (χ1n) is 16.5. The molecule has 2 saturated heterocycles. The summed E-state index contributed by atoms with van der Waals surface area (Å²) in [6.07, 6.45) is -11.8. The Kier molecular flexibility index (Phi) is 13.4. The largest absolute Gasteiger partial charge is 0.463 e. The molecule has 4 rings (SSSR count). The van der Waals surface area contributed by atoms with Crippen LogP contribution in [0.5, 0.6) is 0 Å². The van der Waals surface area contributed by atoms with Crippen molar-refractivity contribution in [3.8, 4) is 11.3 Å². The molecule has 2 aliphatic rings. The van der Waals surface area contributed by atoms with Crippen molar-refractivity contribution in [2.45, 2.75) is 110 Å². The molecule has 20 nitrogen and oxygen atoms in total. The Morgan fingerprint density at radius 3 is 1.87 bits per heavy atom. The highest BCUT2D eigenvalue weighted by atomic mass is 16.8. The van der Waals surface area contributed by atoms with Gasteiger partial charge in [-0.05, 0) is 13.0 Å². The summed E-state index contributed by atoms with van der Waals surface area (Å²) in [5.41, 5.74) is 1.95. The summed E-state index contributed by atoms with van der Waals surface area (Å²) < 4.78 is 58.2. The molecule has 1 aromatic carbocycles. The molecule has 294 valence electrons. The summed E-state index contributed by atoms with van der Waals surface area (Å²) in [5.74, 6) is -8.67. The summed E-state index contributed by atoms with van der Waals surface area (Å²) in [7, 11) is 0. The molecule has 0 aliphatic carbocycles. The number of hydrogen-bond acceptors (Lipinski definition) is 19. The Morgan fingerprint density at radius 1 is 0.722 bits per heavy atom. The molecule has 2 fully saturated rings. The van der Waals surface area contributed by atoms with Crippen molar-refractivity contribution >= 4 is 41.8 Å². The number of ether oxygens (including phenoxy) is 10. The molecule has 3 heterocycles. The fourth-order valence-corrected chi connectivity index (χ4v) is 5.86. The molecule has 0 radical (unpaired) electrons. The van der Waals surface area contributed by atoms with Crippen LogP contribution in [0.25, 0.3) is 11.3 Å². The summed E-state index contributed by atoms with van der Waals surface area (Å²) >= 11 is 0. The molecule has 0 N–H and O–H groups in total. The summed E-state index contributed by atoms with van der Waals surface area (Å²) in [6.45, 7) is 7.73. The molecule has 20 heteroatoms. The standard InChI is InChI=1S/C34H41N3O17/c1-16-10-9-11-24(12-16)25-13-37(36-35-25)32-30(50-22(7)43)31(51-23(8)44)34(53-32,15-46-18(3)39)54-33-29(49-21(6)42)28(48-20(5)41)27(47-19(4)40)26(52-33)14-45-17(2)38/h9-13,26-33H,14-15H2,1-8H3/t26-,27-,28+,29-,30+,31+,32+,33-,34+/m1/s1. The SMILES string of the molecule is CC(=O)OC[C@H]1O[C@H](O[C@]2(COC(C)=O)O[C@H](n3cc(-c4cccc(C)c4)nn3)[C@@H](OC(C)=O)[C@@H]2OC(C)=O)[C@H](OC(C)=O)[C@@H](OC(C)=O)[C@@H]1OC(C)=O. The Hall–Kier alpha value is -5.47. The van der Waals surface area contributed by atoms with Crippen LogP contribution in [0.1, 0.15) is 60.3 Å². The summed E-state index contributed by atoms with van der Waals surface area (Å²) in [4.78, 5) is 86.5. The van der Waals surface area contributed by atoms with Gasteiger partial charge in [0.25, 0.3) is 0 Å². The van der Waals surface area contributed by atoms with Gasteiger partial charge in [0.1, 0.15) is 25.0 Å². The topological polar surface area (TPSA) is 242 Å². The monoisotopic (exact) mass is 763 g/mol. The molecule has 0 saturated carbocycles. The minimum atomic E-state index is -2.50. The number of nitrogens with zero attached hydrogens (tertiary/aromatic N) is 3. The molecule has 0 amide bonds. The maximum atomic E-state index is 12.7. The van der Waals surface area contributed by atoms with Gasteiger partial charge in [0.05, 0.1) is 6.20 Å². The van der Waals surface area contributed by atoms with Crippen LogP contribution in [-0.2, 0) is 80.9 Å². The zero-order valence-electron chi connectivity index (χ0n) is 30.7. The van der Waals surface area contributed by atoms with E-state index in [0.29, 0.717) is 11.3 Å². The lowest BCUT2D eigenvalue weighted by Gasteiger charge is -2.46. The van der Waals surface area contributed by atoms with Gasteiger partial charge in [-0.2, -0.15) is 0 Å². The van der Waals surface area contributed by atoms with E-state index in [-0.39, 0.29) is 0 Å². The number of esters is 7. The second-order valence-corrected chi connectivity index (χ2v) is 12.3. The van der Waals surface area contributed by atoms with Gasteiger partial charge in [-0.25, -0.2) is 4.68 Å². The van der Waals surface area contributed by atoms with Gasteiger partial charge < -0.3 is 47.4 Å². The molecule has 2 aliphatic heterocycles. The lowest BCUT2D eigenvalue weighted by Crippen LogP contribution is -2.65. The normalized spacial score (nSPS) is 27.6. The fourth-order valence-electron chi connectivity index (χ4n) is 5.86. The smallest absolute Gasteiger partial charge is 0.303 e. The van der Waals surface area contributed by atoms with E-state index in [4.69, 9.17) is 47.4 Å². The number of carbonyl (C=O) groups excluding carboxylic acids is 7. The van der Waals surface area contributed by atoms with Crippen molar-refractivity contribution in [3.63, 3.8) is 0 Å². The molecule has 54 heavy (non-hydrogen) atoms. The number of hydrogen-bond donors (Lipinski definition) is 0. The van der Waals surface area contributed by atoms with Crippen LogP contribution >= 0.6 is 0 Å². The third-order valence-corrected chi connectivity index (χ3v) is 7.75. The Bertz CT molecular complexity index is 1740. The summed E-state index contributed by atoms with van der Waals surface area (Å²) in [6, 6.07) is 7.30. The van der Waals surface area contributed by atoms with Crippen LogP contribution in [0.2, 0.25) is 0 Å². The number of aromatic nitrogens is 3. The Balaban J connectivity index is 1.90. The van der Waals surface area contributed by atoms with E-state index in [1.807, 2.05) is 19.1 Å². The number of carbonyl (C=O) groups is 7. The number of aryl methyl sites for hydroxylation is 1. The molecule has 9 atom stereocenters. The predicted molar refractivity (Wildman–Crippen MR) is 174 cm³/mol. The van der Waals surface area contributed by atoms with E-state index in [1.54, 1.807) is 12.1 Å². The van der Waals surface area contributed by atoms with Crippen molar-refractivity contribution < 1.29 is 80.9 Å². The lowest BCUT2D eigenvalue weighted by atomic mass is 9.97.